The van der Waals surface area contributed by atoms with E-state index < -0.39 is 6.04 Å². The number of amides is 3. The van der Waals surface area contributed by atoms with E-state index in [9.17, 15) is 14.4 Å². The molecule has 0 aliphatic carbocycles. The molecule has 8 nitrogen and oxygen atoms in total. The molecule has 1 aromatic heterocycles. The number of benzene rings is 2. The number of fused-ring (bicyclic) bond motifs is 3. The minimum absolute atomic E-state index is 0.0678. The van der Waals surface area contributed by atoms with Crippen molar-refractivity contribution in [3.8, 4) is 0 Å². The summed E-state index contributed by atoms with van der Waals surface area (Å²) in [6, 6.07) is 18.0. The lowest BCUT2D eigenvalue weighted by atomic mass is 10.1. The van der Waals surface area contributed by atoms with Crippen LogP contribution in [0.1, 0.15) is 28.8 Å². The quantitative estimate of drug-likeness (QED) is 0.398. The summed E-state index contributed by atoms with van der Waals surface area (Å²) in [5.41, 5.74) is 2.25. The Morgan fingerprint density at radius 1 is 1.00 bits per heavy atom. The molecule has 0 spiro atoms. The third kappa shape index (κ3) is 5.98. The number of rotatable bonds is 9. The van der Waals surface area contributed by atoms with Gasteiger partial charge in [-0.25, -0.2) is 9.89 Å². The summed E-state index contributed by atoms with van der Waals surface area (Å²) in [6.45, 7) is 0.773. The normalized spacial score (nSPS) is 15.9. The van der Waals surface area contributed by atoms with Crippen molar-refractivity contribution in [2.75, 3.05) is 5.75 Å². The number of halogens is 1. The maximum absolute atomic E-state index is 13.4. The van der Waals surface area contributed by atoms with Crippen molar-refractivity contribution in [3.63, 3.8) is 0 Å². The molecule has 2 aliphatic heterocycles. The minimum Gasteiger partial charge on any atom is -0.351 e. The standard InChI is InChI=1S/C27H24ClN5O3S2/c28-20-9-3-1-6-17(20)14-29-24(35)16-38-27-32-21-10-4-2-8-19(21)25-31-22(26(36)33(25)27)11-12-23(34)30-15-18-7-5-13-37-18/h1-10,13,22H,11-12,14-16H2,(H,29,35)(H,30,34). The van der Waals surface area contributed by atoms with E-state index in [1.807, 2.05) is 60.0 Å². The zero-order valence-electron chi connectivity index (χ0n) is 20.2. The lowest BCUT2D eigenvalue weighted by Crippen LogP contribution is -2.41. The van der Waals surface area contributed by atoms with Gasteiger partial charge in [0.25, 0.3) is 5.91 Å². The molecule has 3 aromatic rings. The molecule has 0 bridgehead atoms. The number of amidine groups is 2. The third-order valence-corrected chi connectivity index (χ3v) is 8.18. The maximum Gasteiger partial charge on any atom is 0.259 e. The third-order valence-electron chi connectivity index (χ3n) is 6.00. The van der Waals surface area contributed by atoms with Gasteiger partial charge < -0.3 is 10.6 Å². The van der Waals surface area contributed by atoms with E-state index in [0.29, 0.717) is 34.8 Å². The number of carbonyl (C=O) groups excluding carboxylic acids is 3. The summed E-state index contributed by atoms with van der Waals surface area (Å²) in [6.07, 6.45) is 0.464. The molecule has 2 aromatic carbocycles. The van der Waals surface area contributed by atoms with Crippen LogP contribution in [0, 0.1) is 0 Å². The van der Waals surface area contributed by atoms with Crippen molar-refractivity contribution in [1.29, 1.82) is 0 Å². The second kappa shape index (κ2) is 11.9. The fourth-order valence-electron chi connectivity index (χ4n) is 4.06. The van der Waals surface area contributed by atoms with Crippen LogP contribution >= 0.6 is 34.7 Å². The topological polar surface area (TPSA) is 103 Å². The highest BCUT2D eigenvalue weighted by atomic mass is 35.5. The van der Waals surface area contributed by atoms with Crippen molar-refractivity contribution >= 4 is 69.1 Å². The van der Waals surface area contributed by atoms with Gasteiger partial charge in [-0.05, 0) is 41.6 Å². The second-order valence-corrected chi connectivity index (χ2v) is 11.0. The van der Waals surface area contributed by atoms with Crippen LogP contribution in [0.15, 0.2) is 76.0 Å². The van der Waals surface area contributed by atoms with E-state index in [0.717, 1.165) is 16.0 Å². The monoisotopic (exact) mass is 565 g/mol. The number of nitrogens with one attached hydrogen (secondary N) is 2. The Balaban J connectivity index is 1.22. The summed E-state index contributed by atoms with van der Waals surface area (Å²) < 4.78 is 0. The van der Waals surface area contributed by atoms with Gasteiger partial charge in [0.1, 0.15) is 11.9 Å². The summed E-state index contributed by atoms with van der Waals surface area (Å²) in [5.74, 6) is -0.0132. The average Bonchev–Trinajstić information content (AvgIpc) is 3.57. The number of thioether (sulfide) groups is 1. The lowest BCUT2D eigenvalue weighted by Gasteiger charge is -2.25. The van der Waals surface area contributed by atoms with Crippen molar-refractivity contribution in [1.82, 2.24) is 15.5 Å². The predicted octanol–water partition coefficient (Wildman–Crippen LogP) is 4.51. The van der Waals surface area contributed by atoms with E-state index in [-0.39, 0.29) is 36.3 Å². The molecule has 0 saturated carbocycles. The molecule has 194 valence electrons. The highest BCUT2D eigenvalue weighted by molar-refractivity contribution is 8.14. The molecule has 0 saturated heterocycles. The molecule has 1 atom stereocenters. The summed E-state index contributed by atoms with van der Waals surface area (Å²) in [7, 11) is 0. The van der Waals surface area contributed by atoms with Crippen LogP contribution in [0.5, 0.6) is 0 Å². The van der Waals surface area contributed by atoms with Crippen LogP contribution in [0.2, 0.25) is 5.02 Å². The van der Waals surface area contributed by atoms with Crippen LogP contribution in [0.3, 0.4) is 0 Å². The van der Waals surface area contributed by atoms with E-state index >= 15 is 0 Å². The van der Waals surface area contributed by atoms with Gasteiger partial charge in [0.05, 0.1) is 18.0 Å². The van der Waals surface area contributed by atoms with Gasteiger partial charge in [-0.15, -0.1) is 11.3 Å². The van der Waals surface area contributed by atoms with Crippen molar-refractivity contribution in [3.05, 3.63) is 87.1 Å². The number of aliphatic imine (C=N–C) groups is 2. The fraction of sp³-hybridized carbons (Fsp3) is 0.222. The van der Waals surface area contributed by atoms with Gasteiger partial charge in [-0.1, -0.05) is 59.8 Å². The first kappa shape index (κ1) is 26.1. The zero-order valence-corrected chi connectivity index (χ0v) is 22.6. The van der Waals surface area contributed by atoms with Crippen LogP contribution < -0.4 is 10.6 Å². The number of hydrogen-bond donors (Lipinski definition) is 2. The minimum atomic E-state index is -0.691. The number of nitrogens with zero attached hydrogens (tertiary/aromatic N) is 3. The number of thiophene rings is 1. The maximum atomic E-state index is 13.4. The second-order valence-electron chi connectivity index (χ2n) is 8.61. The highest BCUT2D eigenvalue weighted by Crippen LogP contribution is 2.34. The van der Waals surface area contributed by atoms with Gasteiger partial charge in [0.2, 0.25) is 11.8 Å². The van der Waals surface area contributed by atoms with Crippen molar-refractivity contribution in [2.24, 2.45) is 9.98 Å². The largest absolute Gasteiger partial charge is 0.351 e. The summed E-state index contributed by atoms with van der Waals surface area (Å²) in [4.78, 5) is 50.2. The summed E-state index contributed by atoms with van der Waals surface area (Å²) in [5, 5.41) is 8.69. The van der Waals surface area contributed by atoms with E-state index in [1.165, 1.54) is 16.7 Å². The molecule has 3 amide bonds. The van der Waals surface area contributed by atoms with Gasteiger partial charge in [0.15, 0.2) is 5.17 Å². The van der Waals surface area contributed by atoms with Crippen LogP contribution in [0.25, 0.3) is 0 Å². The molecule has 0 radical (unpaired) electrons. The molecular formula is C27H24ClN5O3S2. The molecule has 11 heteroatoms. The van der Waals surface area contributed by atoms with Crippen LogP contribution in [0.4, 0.5) is 5.69 Å². The van der Waals surface area contributed by atoms with E-state index in [4.69, 9.17) is 11.6 Å². The van der Waals surface area contributed by atoms with Crippen LogP contribution in [-0.4, -0.2) is 45.4 Å². The Labute approximate surface area is 233 Å². The smallest absolute Gasteiger partial charge is 0.259 e. The molecule has 3 heterocycles. The molecule has 0 fully saturated rings. The fourth-order valence-corrected chi connectivity index (χ4v) is 5.74. The number of hydrogen-bond acceptors (Lipinski definition) is 7. The molecule has 2 N–H and O–H groups in total. The Morgan fingerprint density at radius 3 is 2.61 bits per heavy atom. The Kier molecular flexibility index (Phi) is 8.21. The highest BCUT2D eigenvalue weighted by Gasteiger charge is 2.41. The SMILES string of the molecule is O=C(CCC1N=C2c3ccccc3N=C(SCC(=O)NCc3ccccc3Cl)N2C1=O)NCc1cccs1. The first-order chi connectivity index (χ1) is 18.5. The van der Waals surface area contributed by atoms with Crippen molar-refractivity contribution in [2.45, 2.75) is 32.0 Å². The van der Waals surface area contributed by atoms with Crippen LogP contribution in [-0.2, 0) is 27.5 Å². The first-order valence-corrected chi connectivity index (χ1v) is 14.3. The Bertz CT molecular complexity index is 1420. The number of para-hydroxylation sites is 1. The average molecular weight is 566 g/mol. The Hall–Kier alpha value is -3.47. The summed E-state index contributed by atoms with van der Waals surface area (Å²) >= 11 is 8.92. The van der Waals surface area contributed by atoms with Crippen molar-refractivity contribution < 1.29 is 14.4 Å². The van der Waals surface area contributed by atoms with Gasteiger partial charge in [0, 0.05) is 28.4 Å². The molecular weight excluding hydrogens is 542 g/mol. The zero-order chi connectivity index (χ0) is 26.5. The molecule has 5 rings (SSSR count). The lowest BCUT2D eigenvalue weighted by molar-refractivity contribution is -0.125. The van der Waals surface area contributed by atoms with E-state index in [1.54, 1.807) is 17.4 Å². The Morgan fingerprint density at radius 2 is 1.79 bits per heavy atom. The predicted molar refractivity (Wildman–Crippen MR) is 152 cm³/mol. The molecule has 38 heavy (non-hydrogen) atoms. The number of carbonyl (C=O) groups is 3. The molecule has 2 aliphatic rings. The van der Waals surface area contributed by atoms with E-state index in [2.05, 4.69) is 20.6 Å². The van der Waals surface area contributed by atoms with Gasteiger partial charge in [-0.2, -0.15) is 0 Å². The first-order valence-electron chi connectivity index (χ1n) is 12.0. The molecule has 1 unspecified atom stereocenters. The van der Waals surface area contributed by atoms with Gasteiger partial charge in [-0.3, -0.25) is 19.4 Å². The van der Waals surface area contributed by atoms with Gasteiger partial charge >= 0.3 is 0 Å².